The lowest BCUT2D eigenvalue weighted by atomic mass is 9.97. The molecule has 6 nitrogen and oxygen atoms in total. The fourth-order valence-corrected chi connectivity index (χ4v) is 6.67. The van der Waals surface area contributed by atoms with E-state index in [1.165, 1.54) is 22.7 Å². The Balaban J connectivity index is 1.40. The lowest BCUT2D eigenvalue weighted by molar-refractivity contribution is -0.138. The van der Waals surface area contributed by atoms with Crippen LogP contribution in [0.2, 0.25) is 5.02 Å². The van der Waals surface area contributed by atoms with Gasteiger partial charge in [0.2, 0.25) is 0 Å². The number of carbonyl (C=O) groups excluding carboxylic acids is 1. The van der Waals surface area contributed by atoms with Gasteiger partial charge in [0, 0.05) is 15.5 Å². The number of ether oxygens (including phenoxy) is 2. The first-order chi connectivity index (χ1) is 20.5. The Labute approximate surface area is 255 Å². The lowest BCUT2D eigenvalue weighted by Crippen LogP contribution is -2.39. The number of carbonyl (C=O) groups is 1. The molecule has 0 aliphatic carbocycles. The molecule has 2 aromatic heterocycles. The molecule has 0 N–H and O–H groups in total. The maximum Gasteiger partial charge on any atom is 0.338 e. The number of aromatic nitrogens is 1. The minimum atomic E-state index is -0.652. The summed E-state index contributed by atoms with van der Waals surface area (Å²) in [6, 6.07) is 27.8. The number of benzene rings is 3. The van der Waals surface area contributed by atoms with E-state index in [2.05, 4.69) is 0 Å². The Bertz CT molecular complexity index is 1930. The van der Waals surface area contributed by atoms with Gasteiger partial charge in [0.05, 0.1) is 22.4 Å². The maximum atomic E-state index is 13.9. The summed E-state index contributed by atoms with van der Waals surface area (Å²) in [5, 5.41) is 2.62. The Morgan fingerprint density at radius 3 is 2.45 bits per heavy atom. The molecule has 0 saturated heterocycles. The highest BCUT2D eigenvalue weighted by atomic mass is 35.5. The van der Waals surface area contributed by atoms with Gasteiger partial charge >= 0.3 is 5.97 Å². The van der Waals surface area contributed by atoms with Gasteiger partial charge in [-0.3, -0.25) is 9.36 Å². The number of hydrogen-bond donors (Lipinski definition) is 0. The van der Waals surface area contributed by atoms with Gasteiger partial charge in [0.1, 0.15) is 18.4 Å². The van der Waals surface area contributed by atoms with E-state index in [-0.39, 0.29) is 12.2 Å². The van der Waals surface area contributed by atoms with Crippen LogP contribution in [0.1, 0.15) is 34.5 Å². The van der Waals surface area contributed by atoms with Crippen molar-refractivity contribution >= 4 is 52.0 Å². The van der Waals surface area contributed by atoms with E-state index in [4.69, 9.17) is 26.1 Å². The first kappa shape index (κ1) is 27.9. The molecule has 3 aromatic carbocycles. The van der Waals surface area contributed by atoms with Crippen LogP contribution < -0.4 is 19.6 Å². The second-order valence-electron chi connectivity index (χ2n) is 9.43. The first-order valence-electron chi connectivity index (χ1n) is 13.3. The predicted molar refractivity (Wildman–Crippen MR) is 168 cm³/mol. The fraction of sp³-hybridized carbons (Fsp3) is 0.121. The van der Waals surface area contributed by atoms with E-state index in [1.807, 2.05) is 102 Å². The van der Waals surface area contributed by atoms with Crippen LogP contribution in [0, 0.1) is 0 Å². The van der Waals surface area contributed by atoms with Crippen LogP contribution in [-0.2, 0) is 16.1 Å². The highest BCUT2D eigenvalue weighted by molar-refractivity contribution is 7.10. The van der Waals surface area contributed by atoms with Crippen molar-refractivity contribution in [1.29, 1.82) is 0 Å². The first-order valence-corrected chi connectivity index (χ1v) is 15.4. The summed E-state index contributed by atoms with van der Waals surface area (Å²) >= 11 is 8.75. The minimum Gasteiger partial charge on any atom is -0.489 e. The molecule has 0 fully saturated rings. The Kier molecular flexibility index (Phi) is 8.19. The van der Waals surface area contributed by atoms with Crippen molar-refractivity contribution in [2.45, 2.75) is 19.6 Å². The molecule has 0 radical (unpaired) electrons. The van der Waals surface area contributed by atoms with Crippen LogP contribution in [0.3, 0.4) is 0 Å². The molecular weight excluding hydrogens is 588 g/mol. The van der Waals surface area contributed by atoms with Gasteiger partial charge in [0.15, 0.2) is 4.80 Å². The largest absolute Gasteiger partial charge is 0.489 e. The van der Waals surface area contributed by atoms with Crippen LogP contribution in [0.4, 0.5) is 0 Å². The molecule has 1 atom stereocenters. The minimum absolute atomic E-state index is 0.214. The van der Waals surface area contributed by atoms with E-state index in [0.29, 0.717) is 38.0 Å². The Hall–Kier alpha value is -4.24. The third-order valence-corrected chi connectivity index (χ3v) is 8.84. The number of halogens is 1. The Morgan fingerprint density at radius 2 is 1.76 bits per heavy atom. The van der Waals surface area contributed by atoms with E-state index in [1.54, 1.807) is 11.5 Å². The van der Waals surface area contributed by atoms with Gasteiger partial charge < -0.3 is 9.47 Å². The van der Waals surface area contributed by atoms with Crippen LogP contribution in [-0.4, -0.2) is 17.1 Å². The number of fused-ring (bicyclic) bond motifs is 1. The second kappa shape index (κ2) is 12.3. The number of thiazole rings is 1. The van der Waals surface area contributed by atoms with Gasteiger partial charge in [0.25, 0.3) is 5.56 Å². The van der Waals surface area contributed by atoms with Crippen molar-refractivity contribution < 1.29 is 14.3 Å². The van der Waals surface area contributed by atoms with Crippen molar-refractivity contribution in [3.63, 3.8) is 0 Å². The maximum absolute atomic E-state index is 13.9. The van der Waals surface area contributed by atoms with Crippen LogP contribution in [0.5, 0.6) is 5.75 Å². The molecule has 42 heavy (non-hydrogen) atoms. The summed E-state index contributed by atoms with van der Waals surface area (Å²) in [5.41, 5.74) is 3.30. The summed E-state index contributed by atoms with van der Waals surface area (Å²) in [4.78, 5) is 33.6. The second-order valence-corrected chi connectivity index (χ2v) is 11.9. The van der Waals surface area contributed by atoms with E-state index in [9.17, 15) is 9.59 Å². The summed E-state index contributed by atoms with van der Waals surface area (Å²) in [6.07, 6.45) is 1.84. The summed E-state index contributed by atoms with van der Waals surface area (Å²) < 4.78 is 13.5. The topological polar surface area (TPSA) is 69.9 Å². The van der Waals surface area contributed by atoms with Crippen molar-refractivity contribution in [1.82, 2.24) is 4.57 Å². The third-order valence-electron chi connectivity index (χ3n) is 6.68. The van der Waals surface area contributed by atoms with Crippen molar-refractivity contribution in [3.8, 4) is 5.75 Å². The standard InChI is InChI=1S/C33H25ClN2O4S2/c1-2-39-32(38)28-29(23-7-4-3-5-8-23)35-33-36(30(28)26-9-6-18-41-26)31(37)27(42-33)19-21-12-16-25(17-13-21)40-20-22-10-14-24(34)15-11-22/h3-19,30H,2,20H2,1H3/b27-19-/t30-/m0/s1. The molecule has 9 heteroatoms. The number of esters is 1. The molecule has 0 saturated carbocycles. The van der Waals surface area contributed by atoms with Gasteiger partial charge in [-0.15, -0.1) is 11.3 Å². The zero-order chi connectivity index (χ0) is 29.1. The molecule has 3 heterocycles. The molecule has 5 aromatic rings. The number of thiophene rings is 1. The number of nitrogens with zero attached hydrogens (tertiary/aromatic N) is 2. The molecule has 1 aliphatic rings. The van der Waals surface area contributed by atoms with E-state index in [0.717, 1.165) is 21.6 Å². The number of rotatable bonds is 8. The van der Waals surface area contributed by atoms with E-state index >= 15 is 0 Å². The Morgan fingerprint density at radius 1 is 1.00 bits per heavy atom. The molecule has 6 rings (SSSR count). The van der Waals surface area contributed by atoms with Gasteiger partial charge in [-0.05, 0) is 59.8 Å². The molecule has 0 unspecified atom stereocenters. The van der Waals surface area contributed by atoms with Gasteiger partial charge in [-0.1, -0.05) is 83.6 Å². The lowest BCUT2D eigenvalue weighted by Gasteiger charge is -2.24. The van der Waals surface area contributed by atoms with Gasteiger partial charge in [-0.2, -0.15) is 0 Å². The molecule has 0 amide bonds. The normalized spacial score (nSPS) is 14.8. The fourth-order valence-electron chi connectivity index (χ4n) is 4.72. The third kappa shape index (κ3) is 5.74. The zero-order valence-corrected chi connectivity index (χ0v) is 24.9. The molecule has 210 valence electrons. The zero-order valence-electron chi connectivity index (χ0n) is 22.5. The quantitative estimate of drug-likeness (QED) is 0.195. The van der Waals surface area contributed by atoms with Crippen molar-refractivity contribution in [3.05, 3.63) is 148 Å². The highest BCUT2D eigenvalue weighted by Crippen LogP contribution is 2.36. The van der Waals surface area contributed by atoms with Crippen LogP contribution in [0.25, 0.3) is 11.8 Å². The van der Waals surface area contributed by atoms with Crippen molar-refractivity contribution in [2.24, 2.45) is 4.99 Å². The summed E-state index contributed by atoms with van der Waals surface area (Å²) in [6.45, 7) is 2.40. The monoisotopic (exact) mass is 612 g/mol. The average molecular weight is 613 g/mol. The van der Waals surface area contributed by atoms with Gasteiger partial charge in [-0.25, -0.2) is 9.79 Å². The summed E-state index contributed by atoms with van der Waals surface area (Å²) in [5.74, 6) is 0.231. The van der Waals surface area contributed by atoms with Crippen molar-refractivity contribution in [2.75, 3.05) is 6.61 Å². The molecule has 0 bridgehead atoms. The highest BCUT2D eigenvalue weighted by Gasteiger charge is 2.35. The molecular formula is C33H25ClN2O4S2. The van der Waals surface area contributed by atoms with Crippen LogP contribution in [0.15, 0.2) is 112 Å². The number of hydrogen-bond acceptors (Lipinski definition) is 7. The van der Waals surface area contributed by atoms with Crippen LogP contribution >= 0.6 is 34.3 Å². The smallest absolute Gasteiger partial charge is 0.338 e. The summed E-state index contributed by atoms with van der Waals surface area (Å²) in [7, 11) is 0. The molecule has 0 spiro atoms. The molecule has 1 aliphatic heterocycles. The SMILES string of the molecule is CCOC(=O)C1=C(c2ccccc2)N=c2s/c(=C\c3ccc(OCc4ccc(Cl)cc4)cc3)c(=O)n2[C@H]1c1cccs1. The average Bonchev–Trinajstić information content (AvgIpc) is 3.66. The predicted octanol–water partition coefficient (Wildman–Crippen LogP) is 6.23. The van der Waals surface area contributed by atoms with E-state index < -0.39 is 12.0 Å².